The Kier molecular flexibility index (Phi) is 10.2. The first kappa shape index (κ1) is 27.4. The van der Waals surface area contributed by atoms with Crippen LogP contribution in [0.5, 0.6) is 11.5 Å². The van der Waals surface area contributed by atoms with Crippen molar-refractivity contribution in [2.45, 2.75) is 98.5 Å². The molecule has 1 N–H and O–H groups in total. The van der Waals surface area contributed by atoms with Crippen LogP contribution in [0.4, 0.5) is 0 Å². The molecule has 0 saturated heterocycles. The molecule has 0 fully saturated rings. The van der Waals surface area contributed by atoms with E-state index in [1.807, 2.05) is 39.0 Å². The minimum Gasteiger partial charge on any atom is -0.487 e. The normalized spacial score (nSPS) is 18.1. The Morgan fingerprint density at radius 1 is 1.06 bits per heavy atom. The van der Waals surface area contributed by atoms with Crippen LogP contribution in [0.3, 0.4) is 0 Å². The summed E-state index contributed by atoms with van der Waals surface area (Å²) in [5.41, 5.74) is 4.82. The van der Waals surface area contributed by atoms with Crippen LogP contribution in [0, 0.1) is 6.92 Å². The van der Waals surface area contributed by atoms with Gasteiger partial charge in [-0.3, -0.25) is 4.79 Å². The molecule has 1 unspecified atom stereocenters. The molecule has 0 spiro atoms. The van der Waals surface area contributed by atoms with Crippen LogP contribution >= 0.6 is 0 Å². The summed E-state index contributed by atoms with van der Waals surface area (Å²) in [4.78, 5) is 22.7. The second-order valence-electron chi connectivity index (χ2n) is 9.86. The van der Waals surface area contributed by atoms with E-state index in [-0.39, 0.29) is 11.6 Å². The Balaban J connectivity index is 1.89. The fourth-order valence-corrected chi connectivity index (χ4v) is 4.25. The number of aliphatic carboxylic acids is 1. The van der Waals surface area contributed by atoms with Gasteiger partial charge in [0.1, 0.15) is 17.1 Å². The van der Waals surface area contributed by atoms with Gasteiger partial charge in [0.05, 0.1) is 0 Å². The summed E-state index contributed by atoms with van der Waals surface area (Å²) >= 11 is 0. The third kappa shape index (κ3) is 8.85. The summed E-state index contributed by atoms with van der Waals surface area (Å²) in [6.45, 7) is 11.7. The molecular weight excluding hydrogens is 428 g/mol. The van der Waals surface area contributed by atoms with Gasteiger partial charge in [-0.15, -0.1) is 0 Å². The Labute approximate surface area is 204 Å². The summed E-state index contributed by atoms with van der Waals surface area (Å²) in [5.74, 6) is 0.347. The SMILES string of the molecule is CC(=O)Oc1cc(C)c2c(c1)CCC(C)(CCC=C(C)CCC=C(CCC=C(C)C)C(=O)O)O2. The van der Waals surface area contributed by atoms with Gasteiger partial charge in [0.25, 0.3) is 0 Å². The lowest BCUT2D eigenvalue weighted by atomic mass is 9.87. The number of hydrogen-bond acceptors (Lipinski definition) is 4. The molecule has 1 atom stereocenters. The molecule has 1 aliphatic rings. The molecule has 0 aliphatic carbocycles. The highest BCUT2D eigenvalue weighted by atomic mass is 16.5. The van der Waals surface area contributed by atoms with Gasteiger partial charge < -0.3 is 14.6 Å². The average molecular weight is 469 g/mol. The van der Waals surface area contributed by atoms with Crippen LogP contribution in [0.15, 0.2) is 47.1 Å². The Morgan fingerprint density at radius 3 is 2.41 bits per heavy atom. The highest BCUT2D eigenvalue weighted by Crippen LogP contribution is 2.40. The van der Waals surface area contributed by atoms with Crippen molar-refractivity contribution in [3.8, 4) is 11.5 Å². The molecular formula is C29H40O5. The van der Waals surface area contributed by atoms with Gasteiger partial charge in [0.2, 0.25) is 0 Å². The number of allylic oxidation sites excluding steroid dienone is 5. The first-order valence-corrected chi connectivity index (χ1v) is 12.2. The molecule has 1 aromatic carbocycles. The number of carboxylic acid groups (broad SMARTS) is 1. The van der Waals surface area contributed by atoms with Gasteiger partial charge in [-0.05, 0) is 109 Å². The van der Waals surface area contributed by atoms with Gasteiger partial charge in [-0.1, -0.05) is 29.4 Å². The van der Waals surface area contributed by atoms with Crippen molar-refractivity contribution in [2.75, 3.05) is 0 Å². The third-order valence-electron chi connectivity index (χ3n) is 6.19. The molecule has 2 rings (SSSR count). The van der Waals surface area contributed by atoms with Crippen LogP contribution in [0.1, 0.15) is 90.7 Å². The minimum atomic E-state index is -0.818. The van der Waals surface area contributed by atoms with Gasteiger partial charge in [-0.2, -0.15) is 0 Å². The van der Waals surface area contributed by atoms with Crippen LogP contribution in [-0.2, 0) is 16.0 Å². The monoisotopic (exact) mass is 468 g/mol. The van der Waals surface area contributed by atoms with E-state index < -0.39 is 5.97 Å². The van der Waals surface area contributed by atoms with E-state index >= 15 is 0 Å². The molecule has 1 aliphatic heterocycles. The second kappa shape index (κ2) is 12.6. The van der Waals surface area contributed by atoms with Crippen LogP contribution in [0.25, 0.3) is 0 Å². The first-order chi connectivity index (χ1) is 16.0. The first-order valence-electron chi connectivity index (χ1n) is 12.2. The summed E-state index contributed by atoms with van der Waals surface area (Å²) in [7, 11) is 0. The molecule has 0 bridgehead atoms. The largest absolute Gasteiger partial charge is 0.487 e. The zero-order chi connectivity index (χ0) is 25.3. The lowest BCUT2D eigenvalue weighted by molar-refractivity contribution is -0.133. The zero-order valence-corrected chi connectivity index (χ0v) is 21.6. The van der Waals surface area contributed by atoms with Crippen LogP contribution in [0.2, 0.25) is 0 Å². The van der Waals surface area contributed by atoms with Crippen LogP contribution in [-0.4, -0.2) is 22.6 Å². The molecule has 186 valence electrons. The van der Waals surface area contributed by atoms with E-state index in [2.05, 4.69) is 26.0 Å². The highest BCUT2D eigenvalue weighted by molar-refractivity contribution is 5.86. The van der Waals surface area contributed by atoms with E-state index in [9.17, 15) is 14.7 Å². The van der Waals surface area contributed by atoms with E-state index in [1.54, 1.807) is 0 Å². The molecule has 0 saturated carbocycles. The molecule has 0 aromatic heterocycles. The fraction of sp³-hybridized carbons (Fsp3) is 0.517. The maximum absolute atomic E-state index is 11.5. The smallest absolute Gasteiger partial charge is 0.331 e. The predicted octanol–water partition coefficient (Wildman–Crippen LogP) is 7.27. The van der Waals surface area contributed by atoms with Crippen molar-refractivity contribution in [2.24, 2.45) is 0 Å². The quantitative estimate of drug-likeness (QED) is 0.160. The lowest BCUT2D eigenvalue weighted by Crippen LogP contribution is -2.36. The second-order valence-corrected chi connectivity index (χ2v) is 9.86. The number of carbonyl (C=O) groups is 2. The molecule has 5 nitrogen and oxygen atoms in total. The van der Waals surface area contributed by atoms with Gasteiger partial charge in [0.15, 0.2) is 0 Å². The molecule has 34 heavy (non-hydrogen) atoms. The van der Waals surface area contributed by atoms with E-state index in [0.717, 1.165) is 61.8 Å². The van der Waals surface area contributed by atoms with Crippen molar-refractivity contribution >= 4 is 11.9 Å². The Morgan fingerprint density at radius 2 is 1.76 bits per heavy atom. The number of aryl methyl sites for hydroxylation is 2. The van der Waals surface area contributed by atoms with Gasteiger partial charge in [-0.25, -0.2) is 4.79 Å². The number of fused-ring (bicyclic) bond motifs is 1. The minimum absolute atomic E-state index is 0.237. The summed E-state index contributed by atoms with van der Waals surface area (Å²) < 4.78 is 11.7. The van der Waals surface area contributed by atoms with E-state index in [1.165, 1.54) is 18.1 Å². The number of carboxylic acids is 1. The predicted molar refractivity (Wildman–Crippen MR) is 136 cm³/mol. The van der Waals surface area contributed by atoms with E-state index in [4.69, 9.17) is 9.47 Å². The summed E-state index contributed by atoms with van der Waals surface area (Å²) in [6.07, 6.45) is 12.8. The Bertz CT molecular complexity index is 978. The van der Waals surface area contributed by atoms with Crippen molar-refractivity contribution in [3.63, 3.8) is 0 Å². The summed E-state index contributed by atoms with van der Waals surface area (Å²) in [6, 6.07) is 3.76. The number of hydrogen-bond donors (Lipinski definition) is 1. The highest BCUT2D eigenvalue weighted by Gasteiger charge is 2.32. The molecule has 1 heterocycles. The number of benzene rings is 1. The molecule has 0 radical (unpaired) electrons. The van der Waals surface area contributed by atoms with Crippen molar-refractivity contribution < 1.29 is 24.2 Å². The lowest BCUT2D eigenvalue weighted by Gasteiger charge is -2.37. The van der Waals surface area contributed by atoms with Crippen molar-refractivity contribution in [1.82, 2.24) is 0 Å². The van der Waals surface area contributed by atoms with Gasteiger partial charge >= 0.3 is 11.9 Å². The number of rotatable bonds is 11. The average Bonchev–Trinajstić information content (AvgIpc) is 2.72. The topological polar surface area (TPSA) is 72.8 Å². The fourth-order valence-electron chi connectivity index (χ4n) is 4.25. The zero-order valence-electron chi connectivity index (χ0n) is 21.6. The van der Waals surface area contributed by atoms with Crippen molar-refractivity contribution in [1.29, 1.82) is 0 Å². The number of ether oxygens (including phenoxy) is 2. The molecule has 5 heteroatoms. The van der Waals surface area contributed by atoms with E-state index in [0.29, 0.717) is 17.7 Å². The summed E-state index contributed by atoms with van der Waals surface area (Å²) in [5, 5.41) is 9.42. The van der Waals surface area contributed by atoms with Crippen LogP contribution < -0.4 is 9.47 Å². The maximum atomic E-state index is 11.5. The standard InChI is InChI=1S/C29H40O5/c1-20(2)10-7-13-24(28(31)32)14-8-11-21(3)12-9-16-29(6)17-15-25-19-26(33-23(5)30)18-22(4)27(25)34-29/h10,12,14,18-19H,7-9,11,13,15-17H2,1-6H3,(H,31,32). The Hall–Kier alpha value is -2.82. The number of carbonyl (C=O) groups excluding carboxylic acids is 1. The van der Waals surface area contributed by atoms with Crippen molar-refractivity contribution in [3.05, 3.63) is 58.2 Å². The van der Waals surface area contributed by atoms with Gasteiger partial charge in [0, 0.05) is 12.5 Å². The maximum Gasteiger partial charge on any atom is 0.331 e. The third-order valence-corrected chi connectivity index (χ3v) is 6.19. The number of esters is 1. The molecule has 0 amide bonds. The molecule has 1 aromatic rings.